The molecule has 0 bridgehead atoms. The maximum atomic E-state index is 12.4. The lowest BCUT2D eigenvalue weighted by atomic mass is 10.3. The summed E-state index contributed by atoms with van der Waals surface area (Å²) in [5, 5.41) is 5.97. The predicted molar refractivity (Wildman–Crippen MR) is 66.4 cm³/mol. The van der Waals surface area contributed by atoms with E-state index in [1.54, 1.807) is 0 Å². The third-order valence-electron chi connectivity index (χ3n) is 2.34. The van der Waals surface area contributed by atoms with Gasteiger partial charge < -0.3 is 10.6 Å². The van der Waals surface area contributed by atoms with Gasteiger partial charge in [-0.3, -0.25) is 0 Å². The molecule has 1 atom stereocenters. The molecule has 1 unspecified atom stereocenters. The first-order valence-electron chi connectivity index (χ1n) is 4.93. The molecule has 0 radical (unpaired) electrons. The van der Waals surface area contributed by atoms with Crippen molar-refractivity contribution in [2.45, 2.75) is 18.6 Å². The van der Waals surface area contributed by atoms with Gasteiger partial charge in [0.1, 0.15) is 5.69 Å². The van der Waals surface area contributed by atoms with Crippen LogP contribution in [0.5, 0.6) is 0 Å². The number of nitrogens with one attached hydrogen (secondary N) is 2. The molecule has 0 saturated carbocycles. The molecular weight excluding hydrogens is 292 g/mol. The number of alkyl halides is 3. The highest BCUT2D eigenvalue weighted by Crippen LogP contribution is 2.27. The van der Waals surface area contributed by atoms with Gasteiger partial charge in [-0.25, -0.2) is 9.97 Å². The van der Waals surface area contributed by atoms with Crippen molar-refractivity contribution in [1.82, 2.24) is 15.3 Å². The molecule has 1 aliphatic heterocycles. The molecular formula is C9H13Cl2F3N4. The zero-order valence-electron chi connectivity index (χ0n) is 9.20. The van der Waals surface area contributed by atoms with E-state index < -0.39 is 11.9 Å². The van der Waals surface area contributed by atoms with Gasteiger partial charge in [-0.05, 0) is 19.0 Å². The fraction of sp³-hybridized carbons (Fsp3) is 0.556. The molecule has 18 heavy (non-hydrogen) atoms. The topological polar surface area (TPSA) is 49.8 Å². The van der Waals surface area contributed by atoms with Crippen molar-refractivity contribution in [3.05, 3.63) is 18.0 Å². The molecule has 2 heterocycles. The van der Waals surface area contributed by atoms with E-state index in [4.69, 9.17) is 0 Å². The van der Waals surface area contributed by atoms with Gasteiger partial charge in [0.15, 0.2) is 0 Å². The lowest BCUT2D eigenvalue weighted by molar-refractivity contribution is -0.141. The quantitative estimate of drug-likeness (QED) is 0.879. The Hall–Kier alpha value is -0.790. The average Bonchev–Trinajstić information content (AvgIpc) is 2.70. The first-order chi connectivity index (χ1) is 7.55. The summed E-state index contributed by atoms with van der Waals surface area (Å²) in [6.07, 6.45) is -2.45. The number of rotatable bonds is 2. The van der Waals surface area contributed by atoms with Crippen LogP contribution in [0.15, 0.2) is 12.3 Å². The lowest BCUT2D eigenvalue weighted by Crippen LogP contribution is -2.24. The van der Waals surface area contributed by atoms with E-state index in [0.29, 0.717) is 0 Å². The summed E-state index contributed by atoms with van der Waals surface area (Å²) < 4.78 is 37.1. The van der Waals surface area contributed by atoms with Crippen LogP contribution in [0.1, 0.15) is 12.1 Å². The number of hydrogen-bond donors (Lipinski definition) is 2. The monoisotopic (exact) mass is 304 g/mol. The number of anilines is 1. The first kappa shape index (κ1) is 17.2. The van der Waals surface area contributed by atoms with Crippen LogP contribution in [-0.4, -0.2) is 29.1 Å². The Morgan fingerprint density at radius 3 is 2.61 bits per heavy atom. The molecule has 1 aromatic heterocycles. The molecule has 2 rings (SSSR count). The second-order valence-corrected chi connectivity index (χ2v) is 3.60. The standard InChI is InChI=1S/C9H11F3N4.2ClH/c10-9(11,12)7-2-4-14-8(16-7)15-6-1-3-13-5-6;;/h2,4,6,13H,1,3,5H2,(H,14,15,16);2*1H. The Morgan fingerprint density at radius 1 is 1.33 bits per heavy atom. The predicted octanol–water partition coefficient (Wildman–Crippen LogP) is 2.11. The maximum Gasteiger partial charge on any atom is 0.433 e. The van der Waals surface area contributed by atoms with Crippen LogP contribution in [0.3, 0.4) is 0 Å². The Labute approximate surface area is 115 Å². The van der Waals surface area contributed by atoms with E-state index >= 15 is 0 Å². The summed E-state index contributed by atoms with van der Waals surface area (Å²) in [6, 6.07) is 0.960. The van der Waals surface area contributed by atoms with E-state index in [9.17, 15) is 13.2 Å². The van der Waals surface area contributed by atoms with Crippen molar-refractivity contribution in [3.8, 4) is 0 Å². The number of hydrogen-bond acceptors (Lipinski definition) is 4. The minimum Gasteiger partial charge on any atom is -0.350 e. The molecule has 0 aromatic carbocycles. The first-order valence-corrected chi connectivity index (χ1v) is 4.93. The molecule has 2 N–H and O–H groups in total. The van der Waals surface area contributed by atoms with Gasteiger partial charge in [-0.2, -0.15) is 13.2 Å². The van der Waals surface area contributed by atoms with Crippen molar-refractivity contribution in [2.24, 2.45) is 0 Å². The molecule has 0 aliphatic carbocycles. The van der Waals surface area contributed by atoms with Gasteiger partial charge >= 0.3 is 6.18 Å². The van der Waals surface area contributed by atoms with Crippen molar-refractivity contribution in [3.63, 3.8) is 0 Å². The second kappa shape index (κ2) is 6.96. The number of nitrogens with zero attached hydrogens (tertiary/aromatic N) is 2. The van der Waals surface area contributed by atoms with Crippen molar-refractivity contribution in [2.75, 3.05) is 18.4 Å². The van der Waals surface area contributed by atoms with Crippen molar-refractivity contribution < 1.29 is 13.2 Å². The largest absolute Gasteiger partial charge is 0.433 e. The van der Waals surface area contributed by atoms with Gasteiger partial charge in [0.05, 0.1) is 0 Å². The summed E-state index contributed by atoms with van der Waals surface area (Å²) in [4.78, 5) is 7.20. The molecule has 9 heteroatoms. The van der Waals surface area contributed by atoms with Crippen LogP contribution >= 0.6 is 24.8 Å². The van der Waals surface area contributed by atoms with E-state index in [-0.39, 0.29) is 36.8 Å². The minimum atomic E-state index is -4.42. The second-order valence-electron chi connectivity index (χ2n) is 3.60. The SMILES string of the molecule is Cl.Cl.FC(F)(F)c1ccnc(NC2CCNC2)n1. The molecule has 0 amide bonds. The summed E-state index contributed by atoms with van der Waals surface area (Å²) in [7, 11) is 0. The number of aromatic nitrogens is 2. The van der Waals surface area contributed by atoms with Gasteiger partial charge in [-0.1, -0.05) is 0 Å². The number of halogens is 5. The van der Waals surface area contributed by atoms with E-state index in [0.717, 1.165) is 31.8 Å². The highest BCUT2D eigenvalue weighted by molar-refractivity contribution is 5.85. The highest BCUT2D eigenvalue weighted by atomic mass is 35.5. The van der Waals surface area contributed by atoms with Crippen LogP contribution in [0.2, 0.25) is 0 Å². The lowest BCUT2D eigenvalue weighted by Gasteiger charge is -2.12. The summed E-state index contributed by atoms with van der Waals surface area (Å²) in [5.74, 6) is 0.0310. The Morgan fingerprint density at radius 2 is 2.06 bits per heavy atom. The van der Waals surface area contributed by atoms with Crippen molar-refractivity contribution in [1.29, 1.82) is 0 Å². The minimum absolute atomic E-state index is 0. The third-order valence-corrected chi connectivity index (χ3v) is 2.34. The smallest absolute Gasteiger partial charge is 0.350 e. The molecule has 0 spiro atoms. The molecule has 1 aliphatic rings. The summed E-state index contributed by atoms with van der Waals surface area (Å²) >= 11 is 0. The van der Waals surface area contributed by atoms with Gasteiger partial charge in [-0.15, -0.1) is 24.8 Å². The fourth-order valence-corrected chi connectivity index (χ4v) is 1.55. The summed E-state index contributed by atoms with van der Waals surface area (Å²) in [6.45, 7) is 1.58. The van der Waals surface area contributed by atoms with Gasteiger partial charge in [0, 0.05) is 18.8 Å². The van der Waals surface area contributed by atoms with Gasteiger partial charge in [0.25, 0.3) is 0 Å². The molecule has 1 fully saturated rings. The Bertz CT molecular complexity index is 369. The van der Waals surface area contributed by atoms with Crippen LogP contribution in [-0.2, 0) is 6.18 Å². The molecule has 1 saturated heterocycles. The maximum absolute atomic E-state index is 12.4. The average molecular weight is 305 g/mol. The highest BCUT2D eigenvalue weighted by Gasteiger charge is 2.33. The molecule has 4 nitrogen and oxygen atoms in total. The van der Waals surface area contributed by atoms with E-state index in [2.05, 4.69) is 20.6 Å². The van der Waals surface area contributed by atoms with Crippen LogP contribution in [0.25, 0.3) is 0 Å². The van der Waals surface area contributed by atoms with Crippen molar-refractivity contribution >= 4 is 30.8 Å². The van der Waals surface area contributed by atoms with E-state index in [1.165, 1.54) is 0 Å². The van der Waals surface area contributed by atoms with Crippen LogP contribution in [0.4, 0.5) is 19.1 Å². The normalized spacial score (nSPS) is 18.7. The third kappa shape index (κ3) is 4.47. The Kier molecular flexibility index (Phi) is 6.66. The van der Waals surface area contributed by atoms with Crippen LogP contribution < -0.4 is 10.6 Å². The molecule has 104 valence electrons. The van der Waals surface area contributed by atoms with E-state index in [1.807, 2.05) is 0 Å². The zero-order chi connectivity index (χ0) is 11.6. The van der Waals surface area contributed by atoms with Gasteiger partial charge in [0.2, 0.25) is 5.95 Å². The molecule has 1 aromatic rings. The Balaban J connectivity index is 0.00000144. The summed E-state index contributed by atoms with van der Waals surface area (Å²) in [5.41, 5.74) is -0.920. The zero-order valence-corrected chi connectivity index (χ0v) is 10.8. The fourth-order valence-electron chi connectivity index (χ4n) is 1.55. The van der Waals surface area contributed by atoms with Crippen LogP contribution in [0, 0.1) is 0 Å².